The Kier molecular flexibility index (Phi) is 4.79. The van der Waals surface area contributed by atoms with E-state index in [2.05, 4.69) is 5.32 Å². The Morgan fingerprint density at radius 1 is 1.88 bits per heavy atom. The summed E-state index contributed by atoms with van der Waals surface area (Å²) in [7, 11) is 0. The lowest BCUT2D eigenvalue weighted by Crippen LogP contribution is -2.20. The van der Waals surface area contributed by atoms with Crippen molar-refractivity contribution < 1.29 is 9.35 Å². The van der Waals surface area contributed by atoms with E-state index in [-0.39, 0.29) is 0 Å². The molecular weight excluding hydrogens is 126 g/mol. The lowest BCUT2D eigenvalue weighted by atomic mass is 10.8. The molecule has 47 valence electrons. The van der Waals surface area contributed by atoms with Gasteiger partial charge in [-0.05, 0) is 0 Å². The maximum absolute atomic E-state index is 10.3. The number of amides is 1. The molecule has 0 spiro atoms. The van der Waals surface area contributed by atoms with Crippen molar-refractivity contribution in [3.05, 3.63) is 0 Å². The molecule has 0 saturated carbocycles. The molecule has 0 aromatic carbocycles. The van der Waals surface area contributed by atoms with E-state index in [0.29, 0.717) is 12.3 Å². The highest BCUT2D eigenvalue weighted by Gasteiger charge is 1.92. The van der Waals surface area contributed by atoms with Gasteiger partial charge in [-0.15, -0.1) is 0 Å². The highest BCUT2D eigenvalue weighted by atomic mass is 32.2. The molecule has 3 nitrogen and oxygen atoms in total. The van der Waals surface area contributed by atoms with Crippen LogP contribution in [0.25, 0.3) is 0 Å². The molecule has 0 saturated heterocycles. The Bertz CT molecular complexity index is 67.1. The molecule has 0 aromatic rings. The van der Waals surface area contributed by atoms with Crippen molar-refractivity contribution in [1.82, 2.24) is 5.32 Å². The van der Waals surface area contributed by atoms with Crippen molar-refractivity contribution in [2.24, 2.45) is 0 Å². The quantitative estimate of drug-likeness (QED) is 0.305. The van der Waals surface area contributed by atoms with Crippen LogP contribution >= 0.6 is 0 Å². The van der Waals surface area contributed by atoms with E-state index in [4.69, 9.17) is 0 Å². The number of hydrogen-bond donors (Lipinski definition) is 1. The van der Waals surface area contributed by atoms with Crippen molar-refractivity contribution >= 4 is 17.6 Å². The van der Waals surface area contributed by atoms with E-state index in [9.17, 15) is 9.35 Å². The summed E-state index contributed by atoms with van der Waals surface area (Å²) in [5.41, 5.74) is 0. The predicted molar refractivity (Wildman–Crippen MR) is 32.6 cm³/mol. The van der Waals surface area contributed by atoms with Crippen LogP contribution in [0.2, 0.25) is 0 Å². The van der Waals surface area contributed by atoms with Crippen LogP contribution in [0, 0.1) is 0 Å². The van der Waals surface area contributed by atoms with E-state index >= 15 is 0 Å². The van der Waals surface area contributed by atoms with Gasteiger partial charge >= 0.3 is 6.41 Å². The van der Waals surface area contributed by atoms with E-state index < -0.39 is 11.2 Å². The van der Waals surface area contributed by atoms with E-state index in [1.165, 1.54) is 6.41 Å². The van der Waals surface area contributed by atoms with Gasteiger partial charge in [0.05, 0.1) is 12.8 Å². The third-order valence-electron chi connectivity index (χ3n) is 0.587. The molecule has 0 fully saturated rings. The number of hydrogen-bond acceptors (Lipinski definition) is 2. The number of rotatable bonds is 4. The second-order valence-electron chi connectivity index (χ2n) is 1.31. The van der Waals surface area contributed by atoms with Crippen LogP contribution in [-0.2, 0) is 16.0 Å². The maximum Gasteiger partial charge on any atom is 0.309 e. The minimum atomic E-state index is -0.808. The summed E-state index contributed by atoms with van der Waals surface area (Å²) >= 11 is -0.808. The summed E-state index contributed by atoms with van der Waals surface area (Å²) in [6.07, 6.45) is 3.08. The Hall–Kier alpha value is -0.220. The third kappa shape index (κ3) is 5.78. The van der Waals surface area contributed by atoms with Gasteiger partial charge in [0.25, 0.3) is 0 Å². The van der Waals surface area contributed by atoms with Gasteiger partial charge in [0.2, 0.25) is 0 Å². The van der Waals surface area contributed by atoms with E-state index in [1.54, 1.807) is 6.26 Å². The molecule has 8 heavy (non-hydrogen) atoms. The van der Waals surface area contributed by atoms with Crippen molar-refractivity contribution in [1.29, 1.82) is 0 Å². The zero-order valence-electron chi connectivity index (χ0n) is 4.64. The monoisotopic (exact) mass is 134 g/mol. The predicted octanol–water partition coefficient (Wildman–Crippen LogP) is -0.978. The van der Waals surface area contributed by atoms with Gasteiger partial charge in [0, 0.05) is 0 Å². The smallest absolute Gasteiger partial charge is 0.309 e. The maximum atomic E-state index is 10.3. The lowest BCUT2D eigenvalue weighted by molar-refractivity contribution is 0.543. The first-order valence-electron chi connectivity index (χ1n) is 2.17. The van der Waals surface area contributed by atoms with Crippen LogP contribution in [0.4, 0.5) is 0 Å². The minimum absolute atomic E-state index is 0.451. The van der Waals surface area contributed by atoms with Crippen molar-refractivity contribution in [2.45, 2.75) is 0 Å². The van der Waals surface area contributed by atoms with Gasteiger partial charge in [0.15, 0.2) is 0 Å². The zero-order chi connectivity index (χ0) is 6.41. The largest absolute Gasteiger partial charge is 0.617 e. The molecule has 1 atom stereocenters. The molecule has 0 aliphatic rings. The first-order valence-corrected chi connectivity index (χ1v) is 3.90. The normalized spacial score (nSPS) is 12.8. The Morgan fingerprint density at radius 2 is 2.50 bits per heavy atom. The summed E-state index contributed by atoms with van der Waals surface area (Å²) in [5, 5.41) is 2.28. The molecule has 0 heterocycles. The van der Waals surface area contributed by atoms with Crippen LogP contribution in [0.5, 0.6) is 0 Å². The summed E-state index contributed by atoms with van der Waals surface area (Å²) in [5.74, 6) is 0.509. The van der Waals surface area contributed by atoms with Gasteiger partial charge in [-0.1, -0.05) is 11.2 Å². The molecule has 0 aliphatic carbocycles. The molecule has 0 bridgehead atoms. The molecule has 4 heteroatoms. The van der Waals surface area contributed by atoms with Crippen LogP contribution < -0.4 is 5.32 Å². The Morgan fingerprint density at radius 3 is 2.88 bits per heavy atom. The Labute approximate surface area is 51.6 Å². The standard InChI is InChI=1S/C4H8NO2S/c1-8(7)3-2-5-4-6/h2-3H2,1H3,(H,5,6). The van der Waals surface area contributed by atoms with Gasteiger partial charge in [-0.3, -0.25) is 4.79 Å². The minimum Gasteiger partial charge on any atom is -0.617 e. The van der Waals surface area contributed by atoms with Crippen molar-refractivity contribution in [3.8, 4) is 0 Å². The zero-order valence-corrected chi connectivity index (χ0v) is 5.46. The second-order valence-corrected chi connectivity index (χ2v) is 2.86. The molecule has 0 aromatic heterocycles. The first kappa shape index (κ1) is 7.78. The molecule has 0 rings (SSSR count). The van der Waals surface area contributed by atoms with Gasteiger partial charge in [-0.2, -0.15) is 0 Å². The van der Waals surface area contributed by atoms with Gasteiger partial charge < -0.3 is 9.87 Å². The number of carbonyl (C=O) groups excluding carboxylic acids is 1. The average molecular weight is 134 g/mol. The summed E-state index contributed by atoms with van der Waals surface area (Å²) in [6.45, 7) is 0.451. The summed E-state index contributed by atoms with van der Waals surface area (Å²) in [6, 6.07) is 0. The summed E-state index contributed by atoms with van der Waals surface area (Å²) < 4.78 is 10.3. The third-order valence-corrected chi connectivity index (χ3v) is 1.37. The van der Waals surface area contributed by atoms with Gasteiger partial charge in [-0.25, -0.2) is 0 Å². The van der Waals surface area contributed by atoms with E-state index in [1.807, 2.05) is 0 Å². The average Bonchev–Trinajstić information content (AvgIpc) is 1.66. The van der Waals surface area contributed by atoms with Crippen LogP contribution in [0.15, 0.2) is 0 Å². The topological polar surface area (TPSA) is 52.2 Å². The van der Waals surface area contributed by atoms with Crippen molar-refractivity contribution in [2.75, 3.05) is 18.6 Å². The molecule has 1 N–H and O–H groups in total. The van der Waals surface area contributed by atoms with Crippen LogP contribution in [0.3, 0.4) is 0 Å². The van der Waals surface area contributed by atoms with E-state index in [0.717, 1.165) is 0 Å². The Balaban J connectivity index is 2.81. The fraction of sp³-hybridized carbons (Fsp3) is 0.750. The van der Waals surface area contributed by atoms with Crippen molar-refractivity contribution in [3.63, 3.8) is 0 Å². The molecule has 0 aliphatic heterocycles. The second kappa shape index (κ2) is 4.93. The van der Waals surface area contributed by atoms with Gasteiger partial charge in [0.1, 0.15) is 5.75 Å². The SMILES string of the molecule is C[S+]([O-])CCN[C]=O. The summed E-state index contributed by atoms with van der Waals surface area (Å²) in [4.78, 5) is 9.45. The fourth-order valence-corrected chi connectivity index (χ4v) is 0.635. The fourth-order valence-electron chi connectivity index (χ4n) is 0.246. The number of nitrogens with one attached hydrogen (secondary N) is 1. The first-order chi connectivity index (χ1) is 3.77. The highest BCUT2D eigenvalue weighted by molar-refractivity contribution is 7.90. The molecule has 1 unspecified atom stereocenters. The van der Waals surface area contributed by atoms with Crippen LogP contribution in [0.1, 0.15) is 0 Å². The van der Waals surface area contributed by atoms with Crippen LogP contribution in [-0.4, -0.2) is 29.5 Å². The highest BCUT2D eigenvalue weighted by Crippen LogP contribution is 1.77. The lowest BCUT2D eigenvalue weighted by Gasteiger charge is -2.01. The molecule has 1 radical (unpaired) electrons. The molecule has 1 amide bonds. The molecular formula is C4H8NO2S.